The van der Waals surface area contributed by atoms with Gasteiger partial charge in [0.1, 0.15) is 18.5 Å². The third kappa shape index (κ3) is 10.2. The molecular formula is C54H54O11. The van der Waals surface area contributed by atoms with Crippen molar-refractivity contribution in [3.8, 4) is 5.75 Å². The summed E-state index contributed by atoms with van der Waals surface area (Å²) in [5, 5.41) is 0. The number of ether oxygens (including phenoxy) is 7. The largest absolute Gasteiger partial charge is 0.497 e. The molecule has 0 spiro atoms. The number of fused-ring (bicyclic) bond motifs is 3. The van der Waals surface area contributed by atoms with Crippen LogP contribution in [0.15, 0.2) is 152 Å². The third-order valence-electron chi connectivity index (χ3n) is 13.2. The number of esters is 4. The summed E-state index contributed by atoms with van der Waals surface area (Å²) in [7, 11) is 1.69. The van der Waals surface area contributed by atoms with E-state index in [4.69, 9.17) is 33.2 Å². The molecular weight excluding hydrogens is 825 g/mol. The van der Waals surface area contributed by atoms with Crippen LogP contribution in [0, 0.1) is 17.3 Å². The first-order valence-corrected chi connectivity index (χ1v) is 22.2. The number of benzene rings is 5. The van der Waals surface area contributed by atoms with Crippen molar-refractivity contribution in [2.45, 2.75) is 75.7 Å². The molecule has 1 heterocycles. The number of hydrogen-bond acceptors (Lipinski definition) is 11. The number of hydrogen-bond donors (Lipinski definition) is 0. The highest BCUT2D eigenvalue weighted by atomic mass is 16.7. The summed E-state index contributed by atoms with van der Waals surface area (Å²) in [4.78, 5) is 55.6. The summed E-state index contributed by atoms with van der Waals surface area (Å²) in [5.74, 6) is -1.24. The molecule has 0 aromatic heterocycles. The van der Waals surface area contributed by atoms with Gasteiger partial charge in [0.25, 0.3) is 0 Å². The fourth-order valence-corrected chi connectivity index (χ4v) is 9.83. The zero-order valence-electron chi connectivity index (χ0n) is 36.6. The van der Waals surface area contributed by atoms with Crippen molar-refractivity contribution < 1.29 is 52.3 Å². The minimum atomic E-state index is -1.51. The molecule has 8 rings (SSSR count). The minimum absolute atomic E-state index is 0.164. The number of rotatable bonds is 15. The molecule has 1 aliphatic heterocycles. The van der Waals surface area contributed by atoms with Gasteiger partial charge in [-0.1, -0.05) is 91.9 Å². The van der Waals surface area contributed by atoms with Crippen LogP contribution in [0.5, 0.6) is 5.75 Å². The molecule has 0 N–H and O–H groups in total. The van der Waals surface area contributed by atoms with Crippen molar-refractivity contribution in [1.82, 2.24) is 0 Å². The zero-order chi connectivity index (χ0) is 45.3. The van der Waals surface area contributed by atoms with Crippen molar-refractivity contribution in [3.05, 3.63) is 186 Å². The predicted molar refractivity (Wildman–Crippen MR) is 241 cm³/mol. The van der Waals surface area contributed by atoms with E-state index < -0.39 is 66.6 Å². The highest BCUT2D eigenvalue weighted by Gasteiger charge is 2.55. The number of allylic oxidation sites excluding steroid dienone is 1. The number of aryl methyl sites for hydroxylation is 1. The van der Waals surface area contributed by atoms with Gasteiger partial charge < -0.3 is 33.2 Å². The second kappa shape index (κ2) is 20.5. The fourth-order valence-electron chi connectivity index (χ4n) is 9.83. The topological polar surface area (TPSA) is 133 Å². The summed E-state index contributed by atoms with van der Waals surface area (Å²) >= 11 is 0. The van der Waals surface area contributed by atoms with Crippen LogP contribution in [-0.2, 0) is 34.8 Å². The van der Waals surface area contributed by atoms with Gasteiger partial charge in [-0.2, -0.15) is 0 Å². The van der Waals surface area contributed by atoms with E-state index in [1.54, 1.807) is 128 Å². The van der Waals surface area contributed by atoms with Gasteiger partial charge in [-0.3, -0.25) is 0 Å². The van der Waals surface area contributed by atoms with Crippen molar-refractivity contribution in [3.63, 3.8) is 0 Å². The molecule has 11 heteroatoms. The second-order valence-electron chi connectivity index (χ2n) is 17.2. The molecule has 0 amide bonds. The first kappa shape index (κ1) is 45.0. The Hall–Kier alpha value is -6.56. The predicted octanol–water partition coefficient (Wildman–Crippen LogP) is 9.61. The maximum atomic E-state index is 14.1. The van der Waals surface area contributed by atoms with Crippen LogP contribution in [-0.4, -0.2) is 74.9 Å². The van der Waals surface area contributed by atoms with E-state index in [1.807, 2.05) is 12.1 Å². The smallest absolute Gasteiger partial charge is 0.338 e. The maximum absolute atomic E-state index is 14.1. The summed E-state index contributed by atoms with van der Waals surface area (Å²) < 4.78 is 43.8. The van der Waals surface area contributed by atoms with Crippen LogP contribution < -0.4 is 4.74 Å². The first-order chi connectivity index (χ1) is 31.7. The Kier molecular flexibility index (Phi) is 14.2. The molecule has 2 fully saturated rings. The summed E-state index contributed by atoms with van der Waals surface area (Å²) in [6.45, 7) is 6.10. The first-order valence-electron chi connectivity index (χ1n) is 22.2. The summed E-state index contributed by atoms with van der Waals surface area (Å²) in [6.07, 6.45) is -0.756. The lowest BCUT2D eigenvalue weighted by Crippen LogP contribution is -2.63. The van der Waals surface area contributed by atoms with Crippen molar-refractivity contribution in [2.24, 2.45) is 17.3 Å². The maximum Gasteiger partial charge on any atom is 0.338 e. The Morgan fingerprint density at radius 2 is 1.20 bits per heavy atom. The van der Waals surface area contributed by atoms with Gasteiger partial charge in [0.15, 0.2) is 24.6 Å². The molecule has 3 aliphatic rings. The van der Waals surface area contributed by atoms with Gasteiger partial charge in [-0.25, -0.2) is 19.2 Å². The van der Waals surface area contributed by atoms with E-state index in [0.29, 0.717) is 11.8 Å². The van der Waals surface area contributed by atoms with Crippen LogP contribution in [0.25, 0.3) is 0 Å². The average molecular weight is 879 g/mol. The van der Waals surface area contributed by atoms with Gasteiger partial charge in [0.05, 0.1) is 36.0 Å². The average Bonchev–Trinajstić information content (AvgIpc) is 3.35. The van der Waals surface area contributed by atoms with E-state index in [9.17, 15) is 19.2 Å². The summed E-state index contributed by atoms with van der Waals surface area (Å²) in [6, 6.07) is 39.8. The molecule has 0 radical (unpaired) electrons. The molecule has 5 aromatic rings. The molecule has 336 valence electrons. The number of carbonyl (C=O) groups is 4. The fraction of sp³-hybridized carbons (Fsp3) is 0.333. The monoisotopic (exact) mass is 878 g/mol. The number of carbonyl (C=O) groups excluding carboxylic acids is 4. The zero-order valence-corrected chi connectivity index (χ0v) is 36.6. The van der Waals surface area contributed by atoms with Gasteiger partial charge >= 0.3 is 23.9 Å². The van der Waals surface area contributed by atoms with E-state index in [-0.39, 0.29) is 34.8 Å². The lowest BCUT2D eigenvalue weighted by Gasteiger charge is -2.52. The molecule has 5 aromatic carbocycles. The second-order valence-corrected chi connectivity index (χ2v) is 17.2. The minimum Gasteiger partial charge on any atom is -0.497 e. The van der Waals surface area contributed by atoms with E-state index in [0.717, 1.165) is 37.9 Å². The normalized spacial score (nSPS) is 25.7. The lowest BCUT2D eigenvalue weighted by molar-refractivity contribution is -0.305. The van der Waals surface area contributed by atoms with Crippen molar-refractivity contribution in [1.29, 1.82) is 0 Å². The molecule has 0 unspecified atom stereocenters. The molecule has 1 saturated heterocycles. The van der Waals surface area contributed by atoms with Crippen LogP contribution in [0.3, 0.4) is 0 Å². The Morgan fingerprint density at radius 3 is 1.74 bits per heavy atom. The lowest BCUT2D eigenvalue weighted by atomic mass is 9.54. The molecule has 9 atom stereocenters. The standard InChI is InChI=1S/C54H54O11/c1-4-17-44-43-28-26-39-32-40(59-3)27-29-41(39)42(43)30-31-54(44,2)34-61-53-48(65-52(58)38-24-15-8-16-25-38)47(64-51(57)37-22-13-7-14-23-37)46(63-50(56)36-20-11-6-12-21-36)45(62-53)33-60-49(55)35-18-9-5-10-19-35/h4-16,18-25,27,29,32,42-48,53H,1,17,26,28,30-31,33-34H2,2-3H3/t42-,43-,44+,45-,46-,47+,48+,53+,54-/m1/s1. The van der Waals surface area contributed by atoms with Crippen LogP contribution in [0.4, 0.5) is 0 Å². The van der Waals surface area contributed by atoms with Crippen LogP contribution >= 0.6 is 0 Å². The van der Waals surface area contributed by atoms with Gasteiger partial charge in [-0.15, -0.1) is 6.58 Å². The van der Waals surface area contributed by atoms with Crippen molar-refractivity contribution >= 4 is 23.9 Å². The van der Waals surface area contributed by atoms with E-state index in [2.05, 4.69) is 25.6 Å². The van der Waals surface area contributed by atoms with E-state index in [1.165, 1.54) is 11.1 Å². The quantitative estimate of drug-likeness (QED) is 0.0566. The Bertz CT molecular complexity index is 2420. The molecule has 2 aliphatic carbocycles. The highest BCUT2D eigenvalue weighted by molar-refractivity contribution is 5.91. The Morgan fingerprint density at radius 1 is 0.677 bits per heavy atom. The molecule has 11 nitrogen and oxygen atoms in total. The van der Waals surface area contributed by atoms with Crippen LogP contribution in [0.2, 0.25) is 0 Å². The van der Waals surface area contributed by atoms with Gasteiger partial charge in [0.2, 0.25) is 0 Å². The van der Waals surface area contributed by atoms with Crippen LogP contribution in [0.1, 0.15) is 91.1 Å². The summed E-state index contributed by atoms with van der Waals surface area (Å²) in [5.41, 5.74) is 3.19. The van der Waals surface area contributed by atoms with Gasteiger partial charge in [-0.05, 0) is 127 Å². The number of methoxy groups -OCH3 is 1. The highest BCUT2D eigenvalue weighted by Crippen LogP contribution is 2.56. The molecule has 1 saturated carbocycles. The molecule has 65 heavy (non-hydrogen) atoms. The Balaban J connectivity index is 1.16. The van der Waals surface area contributed by atoms with E-state index >= 15 is 0 Å². The molecule has 0 bridgehead atoms. The van der Waals surface area contributed by atoms with Gasteiger partial charge in [0, 0.05) is 0 Å². The van der Waals surface area contributed by atoms with Crippen molar-refractivity contribution in [2.75, 3.05) is 20.3 Å². The third-order valence-corrected chi connectivity index (χ3v) is 13.2. The SMILES string of the molecule is C=CC[C@H]1[C@@H]2CCc3cc(OC)ccc3[C@H]2CC[C@]1(C)CO[C@H]1O[C@H](COC(=O)c2ccccc2)[C@@H](OC(=O)c2ccccc2)[C@H](OC(=O)c2ccccc2)[C@@H]1OC(=O)c1ccccc1. The Labute approximate surface area is 379 Å².